The number of carbonyl (C=O) groups excluding carboxylic acids is 1. The number of amides is 1. The number of alkyl halides is 2. The molecule has 1 amide bonds. The van der Waals surface area contributed by atoms with E-state index in [1.165, 1.54) is 0 Å². The van der Waals surface area contributed by atoms with Crippen LogP contribution in [0.1, 0.15) is 38.1 Å². The zero-order valence-electron chi connectivity index (χ0n) is 13.4. The molecule has 7 heteroatoms. The average molecular weight is 337 g/mol. The third kappa shape index (κ3) is 3.90. The summed E-state index contributed by atoms with van der Waals surface area (Å²) in [6.07, 6.45) is 4.73. The summed E-state index contributed by atoms with van der Waals surface area (Å²) in [5.41, 5.74) is 0.932. The van der Waals surface area contributed by atoms with Crippen molar-refractivity contribution in [3.05, 3.63) is 30.1 Å². The van der Waals surface area contributed by atoms with Gasteiger partial charge in [-0.3, -0.25) is 9.36 Å². The molecule has 2 aromatic rings. The predicted molar refractivity (Wildman–Crippen MR) is 85.9 cm³/mol. The van der Waals surface area contributed by atoms with Crippen LogP contribution in [0.25, 0.3) is 11.0 Å². The fraction of sp³-hybridized carbons (Fsp3) is 0.529. The first-order chi connectivity index (χ1) is 11.6. The third-order valence-electron chi connectivity index (χ3n) is 4.29. The Morgan fingerprint density at radius 1 is 1.33 bits per heavy atom. The van der Waals surface area contributed by atoms with E-state index in [2.05, 4.69) is 10.3 Å². The maximum Gasteiger partial charge on any atom is 0.320 e. The highest BCUT2D eigenvalue weighted by Crippen LogP contribution is 2.23. The smallest absolute Gasteiger partial charge is 0.320 e. The summed E-state index contributed by atoms with van der Waals surface area (Å²) in [5, 5.41) is 2.70. The summed E-state index contributed by atoms with van der Waals surface area (Å²) in [6, 6.07) is 6.78. The molecule has 1 N–H and O–H groups in total. The standard InChI is InChI=1S/C17H21F2N3O2/c18-17(19)22-14-8-4-3-7-13(14)21-15(22)9-10-20-16(23)11-24-12-5-1-2-6-12/h3-4,7-8,12,17H,1-2,5-6,9-11H2,(H,20,23). The van der Waals surface area contributed by atoms with Crippen molar-refractivity contribution in [3.63, 3.8) is 0 Å². The van der Waals surface area contributed by atoms with E-state index in [4.69, 9.17) is 4.74 Å². The lowest BCUT2D eigenvalue weighted by Gasteiger charge is -2.11. The van der Waals surface area contributed by atoms with Gasteiger partial charge in [0, 0.05) is 13.0 Å². The summed E-state index contributed by atoms with van der Waals surface area (Å²) in [7, 11) is 0. The van der Waals surface area contributed by atoms with Crippen LogP contribution in [-0.4, -0.2) is 34.7 Å². The molecule has 0 spiro atoms. The molecule has 1 aliphatic rings. The van der Waals surface area contributed by atoms with Gasteiger partial charge in [0.05, 0.1) is 17.1 Å². The molecule has 130 valence electrons. The number of para-hydroxylation sites is 2. The van der Waals surface area contributed by atoms with Crippen LogP contribution in [0.15, 0.2) is 24.3 Å². The van der Waals surface area contributed by atoms with Crippen LogP contribution >= 0.6 is 0 Å². The van der Waals surface area contributed by atoms with Gasteiger partial charge >= 0.3 is 6.55 Å². The lowest BCUT2D eigenvalue weighted by atomic mass is 10.3. The second-order valence-electron chi connectivity index (χ2n) is 5.98. The second kappa shape index (κ2) is 7.70. The molecule has 0 radical (unpaired) electrons. The van der Waals surface area contributed by atoms with Crippen molar-refractivity contribution in [2.45, 2.75) is 44.8 Å². The first kappa shape index (κ1) is 16.8. The van der Waals surface area contributed by atoms with E-state index in [1.54, 1.807) is 24.3 Å². The number of hydrogen-bond donors (Lipinski definition) is 1. The lowest BCUT2D eigenvalue weighted by molar-refractivity contribution is -0.127. The van der Waals surface area contributed by atoms with Gasteiger partial charge in [0.25, 0.3) is 0 Å². The van der Waals surface area contributed by atoms with Gasteiger partial charge in [-0.1, -0.05) is 25.0 Å². The van der Waals surface area contributed by atoms with Crippen molar-refractivity contribution in [2.75, 3.05) is 13.2 Å². The lowest BCUT2D eigenvalue weighted by Crippen LogP contribution is -2.31. The molecule has 1 aromatic heterocycles. The molecular formula is C17H21F2N3O2. The Hall–Kier alpha value is -2.02. The molecule has 1 heterocycles. The number of nitrogens with one attached hydrogen (secondary N) is 1. The summed E-state index contributed by atoms with van der Waals surface area (Å²) in [5.74, 6) is 0.0461. The van der Waals surface area contributed by atoms with Crippen molar-refractivity contribution < 1.29 is 18.3 Å². The minimum Gasteiger partial charge on any atom is -0.368 e. The van der Waals surface area contributed by atoms with E-state index in [0.717, 1.165) is 30.3 Å². The maximum atomic E-state index is 13.3. The van der Waals surface area contributed by atoms with Gasteiger partial charge in [0.2, 0.25) is 5.91 Å². The molecule has 0 aliphatic heterocycles. The number of carbonyl (C=O) groups is 1. The number of hydrogen-bond acceptors (Lipinski definition) is 3. The first-order valence-electron chi connectivity index (χ1n) is 8.27. The molecule has 0 atom stereocenters. The number of aromatic nitrogens is 2. The zero-order chi connectivity index (χ0) is 16.9. The molecule has 1 fully saturated rings. The normalized spacial score (nSPS) is 15.5. The van der Waals surface area contributed by atoms with E-state index in [1.807, 2.05) is 0 Å². The molecule has 0 saturated heterocycles. The highest BCUT2D eigenvalue weighted by atomic mass is 19.3. The minimum atomic E-state index is -2.66. The Morgan fingerprint density at radius 3 is 2.83 bits per heavy atom. The molecule has 5 nitrogen and oxygen atoms in total. The van der Waals surface area contributed by atoms with Crippen LogP contribution in [0.3, 0.4) is 0 Å². The topological polar surface area (TPSA) is 56.1 Å². The summed E-state index contributed by atoms with van der Waals surface area (Å²) in [4.78, 5) is 16.0. The molecule has 1 aliphatic carbocycles. The Bertz CT molecular complexity index is 696. The van der Waals surface area contributed by atoms with Gasteiger partial charge in [-0.05, 0) is 25.0 Å². The molecule has 3 rings (SSSR count). The highest BCUT2D eigenvalue weighted by molar-refractivity contribution is 5.77. The van der Waals surface area contributed by atoms with Crippen LogP contribution in [0.5, 0.6) is 0 Å². The first-order valence-corrected chi connectivity index (χ1v) is 8.27. The Labute approximate surface area is 139 Å². The van der Waals surface area contributed by atoms with Crippen molar-refractivity contribution >= 4 is 16.9 Å². The second-order valence-corrected chi connectivity index (χ2v) is 5.98. The van der Waals surface area contributed by atoms with Gasteiger partial charge in [-0.25, -0.2) is 4.98 Å². The van der Waals surface area contributed by atoms with Gasteiger partial charge < -0.3 is 10.1 Å². The number of fused-ring (bicyclic) bond motifs is 1. The quantitative estimate of drug-likeness (QED) is 0.845. The average Bonchev–Trinajstić information content (AvgIpc) is 3.20. The summed E-state index contributed by atoms with van der Waals surface area (Å²) in [6.45, 7) is -2.38. The van der Waals surface area contributed by atoms with Crippen LogP contribution in [0.4, 0.5) is 8.78 Å². The highest BCUT2D eigenvalue weighted by Gasteiger charge is 2.18. The van der Waals surface area contributed by atoms with Gasteiger partial charge in [0.1, 0.15) is 12.4 Å². The fourth-order valence-corrected chi connectivity index (χ4v) is 3.10. The van der Waals surface area contributed by atoms with Gasteiger partial charge in [0.15, 0.2) is 0 Å². The van der Waals surface area contributed by atoms with E-state index in [9.17, 15) is 13.6 Å². The zero-order valence-corrected chi connectivity index (χ0v) is 13.4. The van der Waals surface area contributed by atoms with Crippen LogP contribution in [0, 0.1) is 0 Å². The van der Waals surface area contributed by atoms with Crippen LogP contribution < -0.4 is 5.32 Å². The largest absolute Gasteiger partial charge is 0.368 e. The van der Waals surface area contributed by atoms with Crippen molar-refractivity contribution in [2.24, 2.45) is 0 Å². The number of ether oxygens (including phenoxy) is 1. The maximum absolute atomic E-state index is 13.3. The van der Waals surface area contributed by atoms with E-state index in [0.29, 0.717) is 11.0 Å². The Kier molecular flexibility index (Phi) is 5.40. The van der Waals surface area contributed by atoms with Crippen LogP contribution in [0.2, 0.25) is 0 Å². The molecule has 0 bridgehead atoms. The molecule has 1 aromatic carbocycles. The number of nitrogens with zero attached hydrogens (tertiary/aromatic N) is 2. The van der Waals surface area contributed by atoms with E-state index < -0.39 is 6.55 Å². The van der Waals surface area contributed by atoms with E-state index in [-0.39, 0.29) is 37.4 Å². The monoisotopic (exact) mass is 337 g/mol. The number of halogens is 2. The minimum absolute atomic E-state index is 0.0237. The number of imidazole rings is 1. The fourth-order valence-electron chi connectivity index (χ4n) is 3.10. The Morgan fingerprint density at radius 2 is 2.08 bits per heavy atom. The third-order valence-corrected chi connectivity index (χ3v) is 4.29. The van der Waals surface area contributed by atoms with Crippen molar-refractivity contribution in [3.8, 4) is 0 Å². The summed E-state index contributed by atoms with van der Waals surface area (Å²) >= 11 is 0. The molecule has 0 unspecified atom stereocenters. The number of rotatable bonds is 7. The van der Waals surface area contributed by atoms with Gasteiger partial charge in [-0.2, -0.15) is 8.78 Å². The molecule has 24 heavy (non-hydrogen) atoms. The predicted octanol–water partition coefficient (Wildman–Crippen LogP) is 3.05. The summed E-state index contributed by atoms with van der Waals surface area (Å²) < 4.78 is 33.0. The van der Waals surface area contributed by atoms with E-state index >= 15 is 0 Å². The Balaban J connectivity index is 1.53. The number of benzene rings is 1. The van der Waals surface area contributed by atoms with Gasteiger partial charge in [-0.15, -0.1) is 0 Å². The molecular weight excluding hydrogens is 316 g/mol. The SMILES string of the molecule is O=C(COC1CCCC1)NCCc1nc2ccccc2n1C(F)F. The van der Waals surface area contributed by atoms with Crippen molar-refractivity contribution in [1.29, 1.82) is 0 Å². The van der Waals surface area contributed by atoms with Crippen molar-refractivity contribution in [1.82, 2.24) is 14.9 Å². The molecule has 1 saturated carbocycles. The van der Waals surface area contributed by atoms with Crippen LogP contribution in [-0.2, 0) is 16.0 Å².